The molecule has 4 heteroatoms. The van der Waals surface area contributed by atoms with Gasteiger partial charge in [-0.05, 0) is 11.6 Å². The summed E-state index contributed by atoms with van der Waals surface area (Å²) < 4.78 is 0. The van der Waals surface area contributed by atoms with Gasteiger partial charge in [0.25, 0.3) is 0 Å². The van der Waals surface area contributed by atoms with Crippen LogP contribution in [-0.2, 0) is 4.79 Å². The minimum atomic E-state index is -1.49. The number of carbonyl (C=O) groups is 1. The maximum absolute atomic E-state index is 10.6. The second-order valence-corrected chi connectivity index (χ2v) is 3.84. The van der Waals surface area contributed by atoms with Crippen LogP contribution in [0.1, 0.15) is 18.4 Å². The summed E-state index contributed by atoms with van der Waals surface area (Å²) in [5, 5.41) is 21.0. The Kier molecular flexibility index (Phi) is 2.66. The average Bonchev–Trinajstić information content (AvgIpc) is 2.70. The van der Waals surface area contributed by atoms with Crippen molar-refractivity contribution in [2.24, 2.45) is 0 Å². The average molecular weight is 218 g/mol. The maximum atomic E-state index is 10.6. The van der Waals surface area contributed by atoms with Crippen LogP contribution in [0.15, 0.2) is 30.5 Å². The number of aromatic nitrogens is 1. The second kappa shape index (κ2) is 3.98. The summed E-state index contributed by atoms with van der Waals surface area (Å²) in [5.41, 5.74) is 1.71. The van der Waals surface area contributed by atoms with Gasteiger partial charge in [0.2, 0.25) is 0 Å². The van der Waals surface area contributed by atoms with Crippen LogP contribution in [0.25, 0.3) is 10.9 Å². The van der Waals surface area contributed by atoms with E-state index in [1.807, 2.05) is 24.3 Å². The first-order valence-electron chi connectivity index (χ1n) is 5.06. The van der Waals surface area contributed by atoms with Crippen molar-refractivity contribution in [3.8, 4) is 0 Å². The van der Waals surface area contributed by atoms with Crippen LogP contribution in [0, 0.1) is 0 Å². The molecule has 16 heavy (non-hydrogen) atoms. The highest BCUT2D eigenvalue weighted by molar-refractivity contribution is 5.84. The first-order chi connectivity index (χ1) is 7.61. The standard InChI is InChI=1S/C12H13NO3/c1-7(11(14)12(15)16)9-6-13-10-5-3-2-4-8(9)10/h2-7,11,13-14H,1H3,(H,15,16)/p-1. The SMILES string of the molecule is CC(c1c[nH]c2ccccc12)C(O)C(=O)[O-]. The molecule has 1 heterocycles. The number of aromatic amines is 1. The molecule has 2 rings (SSSR count). The van der Waals surface area contributed by atoms with Crippen molar-refractivity contribution in [1.29, 1.82) is 0 Å². The highest BCUT2D eigenvalue weighted by Gasteiger charge is 2.19. The lowest BCUT2D eigenvalue weighted by atomic mass is 9.95. The number of fused-ring (bicyclic) bond motifs is 1. The number of para-hydroxylation sites is 1. The lowest BCUT2D eigenvalue weighted by Gasteiger charge is -2.19. The van der Waals surface area contributed by atoms with E-state index in [9.17, 15) is 15.0 Å². The zero-order valence-corrected chi connectivity index (χ0v) is 8.81. The minimum absolute atomic E-state index is 0.499. The Bertz CT molecular complexity index is 518. The van der Waals surface area contributed by atoms with Crippen LogP contribution in [0.4, 0.5) is 0 Å². The highest BCUT2D eigenvalue weighted by atomic mass is 16.4. The van der Waals surface area contributed by atoms with Crippen LogP contribution >= 0.6 is 0 Å². The molecule has 0 aliphatic rings. The summed E-state index contributed by atoms with van der Waals surface area (Å²) in [5.74, 6) is -1.95. The normalized spacial score (nSPS) is 14.9. The molecule has 1 aromatic heterocycles. The lowest BCUT2D eigenvalue weighted by molar-refractivity contribution is -0.315. The quantitative estimate of drug-likeness (QED) is 0.782. The van der Waals surface area contributed by atoms with E-state index in [2.05, 4.69) is 4.98 Å². The fourth-order valence-corrected chi connectivity index (χ4v) is 1.84. The van der Waals surface area contributed by atoms with Crippen LogP contribution in [-0.4, -0.2) is 22.2 Å². The van der Waals surface area contributed by atoms with E-state index in [-0.39, 0.29) is 0 Å². The number of aliphatic hydroxyl groups excluding tert-OH is 1. The van der Waals surface area contributed by atoms with Gasteiger partial charge in [0.1, 0.15) is 0 Å². The van der Waals surface area contributed by atoms with Crippen LogP contribution < -0.4 is 5.11 Å². The summed E-state index contributed by atoms with van der Waals surface area (Å²) in [6.07, 6.45) is 0.237. The first kappa shape index (κ1) is 10.7. The summed E-state index contributed by atoms with van der Waals surface area (Å²) >= 11 is 0. The van der Waals surface area contributed by atoms with Gasteiger partial charge in [0, 0.05) is 23.0 Å². The van der Waals surface area contributed by atoms with Gasteiger partial charge in [-0.3, -0.25) is 0 Å². The molecule has 2 N–H and O–H groups in total. The minimum Gasteiger partial charge on any atom is -0.547 e. The molecule has 0 aliphatic carbocycles. The number of aliphatic hydroxyl groups is 1. The molecule has 0 bridgehead atoms. The number of nitrogens with one attached hydrogen (secondary N) is 1. The Morgan fingerprint density at radius 3 is 2.81 bits per heavy atom. The Balaban J connectivity index is 2.44. The Hall–Kier alpha value is -1.81. The molecule has 84 valence electrons. The number of hydrogen-bond acceptors (Lipinski definition) is 3. The molecule has 0 amide bonds. The third-order valence-electron chi connectivity index (χ3n) is 2.83. The van der Waals surface area contributed by atoms with Crippen molar-refractivity contribution in [3.63, 3.8) is 0 Å². The molecule has 0 fully saturated rings. The van der Waals surface area contributed by atoms with Crippen molar-refractivity contribution in [3.05, 3.63) is 36.0 Å². The van der Waals surface area contributed by atoms with Gasteiger partial charge in [0.05, 0.1) is 12.1 Å². The number of carboxylic acids is 1. The van der Waals surface area contributed by atoms with Gasteiger partial charge >= 0.3 is 0 Å². The molecule has 0 radical (unpaired) electrons. The fraction of sp³-hybridized carbons (Fsp3) is 0.250. The molecule has 4 nitrogen and oxygen atoms in total. The molecule has 2 atom stereocenters. The third-order valence-corrected chi connectivity index (χ3v) is 2.83. The van der Waals surface area contributed by atoms with Crippen LogP contribution in [0.2, 0.25) is 0 Å². The van der Waals surface area contributed by atoms with Crippen molar-refractivity contribution in [1.82, 2.24) is 4.98 Å². The lowest BCUT2D eigenvalue weighted by Crippen LogP contribution is -2.38. The molecular weight excluding hydrogens is 206 g/mol. The van der Waals surface area contributed by atoms with Gasteiger partial charge in [-0.2, -0.15) is 0 Å². The zero-order valence-electron chi connectivity index (χ0n) is 8.81. The van der Waals surface area contributed by atoms with Crippen molar-refractivity contribution >= 4 is 16.9 Å². The number of carboxylic acid groups (broad SMARTS) is 1. The molecule has 0 saturated carbocycles. The molecule has 0 spiro atoms. The monoisotopic (exact) mass is 218 g/mol. The smallest absolute Gasteiger partial charge is 0.1000 e. The van der Waals surface area contributed by atoms with Gasteiger partial charge in [-0.1, -0.05) is 25.1 Å². The Labute approximate surface area is 92.5 Å². The number of rotatable bonds is 3. The topological polar surface area (TPSA) is 76.1 Å². The van der Waals surface area contributed by atoms with Crippen LogP contribution in [0.5, 0.6) is 0 Å². The summed E-state index contributed by atoms with van der Waals surface area (Å²) in [4.78, 5) is 13.6. The third kappa shape index (κ3) is 1.67. The maximum Gasteiger partial charge on any atom is 0.1000 e. The van der Waals surface area contributed by atoms with Crippen molar-refractivity contribution in [2.75, 3.05) is 0 Å². The number of hydrogen-bond donors (Lipinski definition) is 2. The van der Waals surface area contributed by atoms with E-state index in [4.69, 9.17) is 0 Å². The van der Waals surface area contributed by atoms with Crippen molar-refractivity contribution < 1.29 is 15.0 Å². The highest BCUT2D eigenvalue weighted by Crippen LogP contribution is 2.27. The molecular formula is C12H12NO3-. The van der Waals surface area contributed by atoms with E-state index >= 15 is 0 Å². The molecule has 2 unspecified atom stereocenters. The summed E-state index contributed by atoms with van der Waals surface area (Å²) in [6, 6.07) is 7.55. The number of carbonyl (C=O) groups excluding carboxylic acids is 1. The number of H-pyrrole nitrogens is 1. The second-order valence-electron chi connectivity index (χ2n) is 3.84. The molecule has 1 aromatic carbocycles. The van der Waals surface area contributed by atoms with Gasteiger partial charge < -0.3 is 20.0 Å². The largest absolute Gasteiger partial charge is 0.547 e. The fourth-order valence-electron chi connectivity index (χ4n) is 1.84. The Morgan fingerprint density at radius 2 is 2.12 bits per heavy atom. The van der Waals surface area contributed by atoms with Crippen LogP contribution in [0.3, 0.4) is 0 Å². The van der Waals surface area contributed by atoms with E-state index in [0.717, 1.165) is 16.5 Å². The zero-order chi connectivity index (χ0) is 11.7. The molecule has 0 aliphatic heterocycles. The predicted molar refractivity (Wildman–Crippen MR) is 57.7 cm³/mol. The molecule has 0 saturated heterocycles. The predicted octanol–water partition coefficient (Wildman–Crippen LogP) is 0.382. The van der Waals surface area contributed by atoms with Crippen molar-refractivity contribution in [2.45, 2.75) is 18.9 Å². The van der Waals surface area contributed by atoms with E-state index in [1.54, 1.807) is 13.1 Å². The summed E-state index contributed by atoms with van der Waals surface area (Å²) in [7, 11) is 0. The Morgan fingerprint density at radius 1 is 1.44 bits per heavy atom. The first-order valence-corrected chi connectivity index (χ1v) is 5.06. The molecule has 2 aromatic rings. The summed E-state index contributed by atoms with van der Waals surface area (Å²) in [6.45, 7) is 1.66. The van der Waals surface area contributed by atoms with E-state index in [0.29, 0.717) is 0 Å². The number of aliphatic carboxylic acids is 1. The van der Waals surface area contributed by atoms with E-state index in [1.165, 1.54) is 0 Å². The van der Waals surface area contributed by atoms with Gasteiger partial charge in [-0.15, -0.1) is 0 Å². The van der Waals surface area contributed by atoms with Gasteiger partial charge in [-0.25, -0.2) is 0 Å². The van der Waals surface area contributed by atoms with E-state index < -0.39 is 18.0 Å². The van der Waals surface area contributed by atoms with Gasteiger partial charge in [0.15, 0.2) is 0 Å². The number of benzene rings is 1.